The number of benzene rings is 1. The molecule has 0 aliphatic heterocycles. The van der Waals surface area contributed by atoms with Crippen molar-refractivity contribution in [2.24, 2.45) is 5.92 Å². The average Bonchev–Trinajstić information content (AvgIpc) is 2.51. The van der Waals surface area contributed by atoms with Gasteiger partial charge >= 0.3 is 6.03 Å². The summed E-state index contributed by atoms with van der Waals surface area (Å²) >= 11 is 0. The topological polar surface area (TPSA) is 70.6 Å². The lowest BCUT2D eigenvalue weighted by Crippen LogP contribution is -2.45. The lowest BCUT2D eigenvalue weighted by atomic mass is 9.96. The van der Waals surface area contributed by atoms with Crippen LogP contribution in [0.3, 0.4) is 0 Å². The molecule has 0 fully saturated rings. The number of carbonyl (C=O) groups is 1. The number of aliphatic hydroxyl groups excluding tert-OH is 1. The SMILES string of the molecule is CCC(CO)NC(=O)NC(CC(C)C)c1ccccc1OC. The summed E-state index contributed by atoms with van der Waals surface area (Å²) in [6, 6.07) is 7.09. The van der Waals surface area contributed by atoms with Gasteiger partial charge in [0.15, 0.2) is 0 Å². The molecule has 0 aliphatic carbocycles. The smallest absolute Gasteiger partial charge is 0.315 e. The van der Waals surface area contributed by atoms with Crippen LogP contribution < -0.4 is 15.4 Å². The molecular weight excluding hydrogens is 280 g/mol. The number of aliphatic hydroxyl groups is 1. The summed E-state index contributed by atoms with van der Waals surface area (Å²) in [7, 11) is 1.63. The van der Waals surface area contributed by atoms with Crippen LogP contribution in [0.15, 0.2) is 24.3 Å². The molecular formula is C17H28N2O3. The van der Waals surface area contributed by atoms with E-state index >= 15 is 0 Å². The van der Waals surface area contributed by atoms with Crippen LogP contribution in [-0.4, -0.2) is 30.9 Å². The molecule has 0 aromatic heterocycles. The van der Waals surface area contributed by atoms with Gasteiger partial charge in [-0.25, -0.2) is 4.79 Å². The normalized spacial score (nSPS) is 13.5. The molecule has 0 saturated carbocycles. The van der Waals surface area contributed by atoms with Gasteiger partial charge in [0.25, 0.3) is 0 Å². The van der Waals surface area contributed by atoms with E-state index in [1.54, 1.807) is 7.11 Å². The van der Waals surface area contributed by atoms with Crippen LogP contribution >= 0.6 is 0 Å². The fraction of sp³-hybridized carbons (Fsp3) is 0.588. The van der Waals surface area contributed by atoms with Crippen molar-refractivity contribution in [1.82, 2.24) is 10.6 Å². The molecule has 0 aliphatic rings. The van der Waals surface area contributed by atoms with Gasteiger partial charge in [0.1, 0.15) is 5.75 Å². The highest BCUT2D eigenvalue weighted by Crippen LogP contribution is 2.29. The molecule has 0 spiro atoms. The summed E-state index contributed by atoms with van der Waals surface area (Å²) in [5, 5.41) is 15.0. The van der Waals surface area contributed by atoms with Crippen LogP contribution in [0.5, 0.6) is 5.75 Å². The van der Waals surface area contributed by atoms with E-state index in [0.29, 0.717) is 12.3 Å². The number of urea groups is 1. The van der Waals surface area contributed by atoms with Crippen LogP contribution in [0.2, 0.25) is 0 Å². The molecule has 22 heavy (non-hydrogen) atoms. The minimum Gasteiger partial charge on any atom is -0.496 e. The molecule has 2 unspecified atom stereocenters. The van der Waals surface area contributed by atoms with Gasteiger partial charge in [-0.1, -0.05) is 39.0 Å². The highest BCUT2D eigenvalue weighted by atomic mass is 16.5. The number of amides is 2. The summed E-state index contributed by atoms with van der Waals surface area (Å²) in [6.07, 6.45) is 1.50. The van der Waals surface area contributed by atoms with Gasteiger partial charge < -0.3 is 20.5 Å². The number of carbonyl (C=O) groups excluding carboxylic acids is 1. The van der Waals surface area contributed by atoms with Gasteiger partial charge in [-0.15, -0.1) is 0 Å². The van der Waals surface area contributed by atoms with Gasteiger partial charge in [0, 0.05) is 5.56 Å². The minimum absolute atomic E-state index is 0.0621. The van der Waals surface area contributed by atoms with E-state index in [4.69, 9.17) is 4.74 Å². The predicted molar refractivity (Wildman–Crippen MR) is 88.0 cm³/mol. The Labute approximate surface area is 133 Å². The Balaban J connectivity index is 2.87. The number of rotatable bonds is 8. The molecule has 124 valence electrons. The Bertz CT molecular complexity index is 459. The Morgan fingerprint density at radius 3 is 2.50 bits per heavy atom. The number of ether oxygens (including phenoxy) is 1. The monoisotopic (exact) mass is 308 g/mol. The molecule has 0 radical (unpaired) electrons. The van der Waals surface area contributed by atoms with Crippen LogP contribution in [-0.2, 0) is 0 Å². The van der Waals surface area contributed by atoms with Crippen molar-refractivity contribution in [2.45, 2.75) is 45.7 Å². The highest BCUT2D eigenvalue weighted by Gasteiger charge is 2.20. The summed E-state index contributed by atoms with van der Waals surface area (Å²) < 4.78 is 5.40. The largest absolute Gasteiger partial charge is 0.496 e. The third kappa shape index (κ3) is 5.56. The van der Waals surface area contributed by atoms with Gasteiger partial charge in [-0.05, 0) is 24.8 Å². The number of hydrogen-bond donors (Lipinski definition) is 3. The molecule has 1 aromatic carbocycles. The van der Waals surface area contributed by atoms with Crippen molar-refractivity contribution >= 4 is 6.03 Å². The summed E-state index contributed by atoms with van der Waals surface area (Å²) in [6.45, 7) is 6.09. The fourth-order valence-corrected chi connectivity index (χ4v) is 2.35. The number of nitrogens with one attached hydrogen (secondary N) is 2. The maximum atomic E-state index is 12.2. The lowest BCUT2D eigenvalue weighted by Gasteiger charge is -2.24. The molecule has 5 nitrogen and oxygen atoms in total. The molecule has 1 rings (SSSR count). The summed E-state index contributed by atoms with van der Waals surface area (Å²) in [5.74, 6) is 1.19. The number of methoxy groups -OCH3 is 1. The third-order valence-electron chi connectivity index (χ3n) is 3.58. The van der Waals surface area contributed by atoms with Crippen molar-refractivity contribution in [2.75, 3.05) is 13.7 Å². The molecule has 0 saturated heterocycles. The van der Waals surface area contributed by atoms with Gasteiger partial charge in [-0.2, -0.15) is 0 Å². The zero-order valence-electron chi connectivity index (χ0n) is 13.9. The third-order valence-corrected chi connectivity index (χ3v) is 3.58. The maximum absolute atomic E-state index is 12.2. The predicted octanol–water partition coefficient (Wildman–Crippen LogP) is 2.85. The highest BCUT2D eigenvalue weighted by molar-refractivity contribution is 5.75. The van der Waals surface area contributed by atoms with Crippen LogP contribution in [0.25, 0.3) is 0 Å². The second-order valence-corrected chi connectivity index (χ2v) is 5.83. The van der Waals surface area contributed by atoms with Crippen LogP contribution in [0.4, 0.5) is 4.79 Å². The second-order valence-electron chi connectivity index (χ2n) is 5.83. The van der Waals surface area contributed by atoms with E-state index in [0.717, 1.165) is 17.7 Å². The zero-order valence-corrected chi connectivity index (χ0v) is 13.9. The Morgan fingerprint density at radius 2 is 1.95 bits per heavy atom. The summed E-state index contributed by atoms with van der Waals surface area (Å²) in [5.41, 5.74) is 0.964. The molecule has 5 heteroatoms. The Kier molecular flexibility index (Phi) is 7.74. The van der Waals surface area contributed by atoms with E-state index in [2.05, 4.69) is 24.5 Å². The number of para-hydroxylation sites is 1. The molecule has 0 heterocycles. The van der Waals surface area contributed by atoms with Crippen molar-refractivity contribution in [1.29, 1.82) is 0 Å². The van der Waals surface area contributed by atoms with E-state index in [9.17, 15) is 9.90 Å². The van der Waals surface area contributed by atoms with Crippen LogP contribution in [0, 0.1) is 5.92 Å². The summed E-state index contributed by atoms with van der Waals surface area (Å²) in [4.78, 5) is 12.2. The maximum Gasteiger partial charge on any atom is 0.315 e. The first-order chi connectivity index (χ1) is 10.5. The molecule has 0 bridgehead atoms. The van der Waals surface area contributed by atoms with Crippen molar-refractivity contribution < 1.29 is 14.6 Å². The molecule has 2 atom stereocenters. The molecule has 1 aromatic rings. The molecule has 3 N–H and O–H groups in total. The lowest BCUT2D eigenvalue weighted by molar-refractivity contribution is 0.210. The quantitative estimate of drug-likeness (QED) is 0.691. The first kappa shape index (κ1) is 18.3. The van der Waals surface area contributed by atoms with Crippen molar-refractivity contribution in [3.8, 4) is 5.75 Å². The average molecular weight is 308 g/mol. The zero-order chi connectivity index (χ0) is 16.5. The number of hydrogen-bond acceptors (Lipinski definition) is 3. The van der Waals surface area contributed by atoms with Gasteiger partial charge in [0.05, 0.1) is 25.8 Å². The van der Waals surface area contributed by atoms with Crippen LogP contribution in [0.1, 0.15) is 45.2 Å². The van der Waals surface area contributed by atoms with E-state index in [1.807, 2.05) is 31.2 Å². The van der Waals surface area contributed by atoms with Crippen molar-refractivity contribution in [3.63, 3.8) is 0 Å². The van der Waals surface area contributed by atoms with Crippen molar-refractivity contribution in [3.05, 3.63) is 29.8 Å². The second kappa shape index (κ2) is 9.30. The van der Waals surface area contributed by atoms with Gasteiger partial charge in [-0.3, -0.25) is 0 Å². The van der Waals surface area contributed by atoms with Gasteiger partial charge in [0.2, 0.25) is 0 Å². The molecule has 2 amide bonds. The first-order valence-electron chi connectivity index (χ1n) is 7.82. The minimum atomic E-state index is -0.266. The fourth-order valence-electron chi connectivity index (χ4n) is 2.35. The Hall–Kier alpha value is -1.75. The van der Waals surface area contributed by atoms with E-state index in [-0.39, 0.29) is 24.7 Å². The first-order valence-corrected chi connectivity index (χ1v) is 7.82. The van der Waals surface area contributed by atoms with E-state index in [1.165, 1.54) is 0 Å². The standard InChI is InChI=1S/C17H28N2O3/c1-5-13(11-20)18-17(21)19-15(10-12(2)3)14-8-6-7-9-16(14)22-4/h6-9,12-13,15,20H,5,10-11H2,1-4H3,(H2,18,19,21). The van der Waals surface area contributed by atoms with E-state index < -0.39 is 0 Å². The Morgan fingerprint density at radius 1 is 1.27 bits per heavy atom.